The first-order valence-electron chi connectivity index (χ1n) is 8.88. The maximum Gasteiger partial charge on any atom is 0.265 e. The van der Waals surface area contributed by atoms with Gasteiger partial charge in [0.2, 0.25) is 0 Å². The predicted octanol–water partition coefficient (Wildman–Crippen LogP) is 2.92. The van der Waals surface area contributed by atoms with E-state index in [4.69, 9.17) is 14.0 Å². The highest BCUT2D eigenvalue weighted by atomic mass is 35.5. The molecule has 0 radical (unpaired) electrons. The first-order chi connectivity index (χ1) is 11.8. The summed E-state index contributed by atoms with van der Waals surface area (Å²) in [6.07, 6.45) is 4.32. The second kappa shape index (κ2) is 8.25. The van der Waals surface area contributed by atoms with Gasteiger partial charge in [-0.2, -0.15) is 0 Å². The van der Waals surface area contributed by atoms with E-state index in [1.165, 1.54) is 0 Å². The van der Waals surface area contributed by atoms with Crippen molar-refractivity contribution in [1.29, 1.82) is 0 Å². The van der Waals surface area contributed by atoms with Crippen LogP contribution in [0.3, 0.4) is 0 Å². The van der Waals surface area contributed by atoms with Gasteiger partial charge >= 0.3 is 0 Å². The average Bonchev–Trinajstić information content (AvgIpc) is 3.21. The molecule has 2 aliphatic rings. The third kappa shape index (κ3) is 4.02. The van der Waals surface area contributed by atoms with Gasteiger partial charge in [-0.1, -0.05) is 6.07 Å². The number of aromatic nitrogens is 1. The summed E-state index contributed by atoms with van der Waals surface area (Å²) >= 11 is 0. The summed E-state index contributed by atoms with van der Waals surface area (Å²) in [5, 5.41) is 18.2. The third-order valence-corrected chi connectivity index (χ3v) is 5.04. The zero-order valence-electron chi connectivity index (χ0n) is 14.1. The molecule has 6 nitrogen and oxygen atoms in total. The molecule has 0 amide bonds. The highest BCUT2D eigenvalue weighted by molar-refractivity contribution is 5.88. The number of ether oxygens (including phenoxy) is 2. The summed E-state index contributed by atoms with van der Waals surface area (Å²) in [6.45, 7) is 2.73. The molecule has 2 N–H and O–H groups in total. The number of fused-ring (bicyclic) bond motifs is 1. The van der Waals surface area contributed by atoms with Gasteiger partial charge in [-0.05, 0) is 68.4 Å². The third-order valence-electron chi connectivity index (χ3n) is 5.04. The molecule has 1 saturated heterocycles. The van der Waals surface area contributed by atoms with Crippen LogP contribution in [-0.4, -0.2) is 42.2 Å². The Hall–Kier alpha value is -1.50. The fourth-order valence-corrected chi connectivity index (χ4v) is 3.58. The normalized spacial score (nSPS) is 24.2. The van der Waals surface area contributed by atoms with Crippen LogP contribution in [-0.2, 0) is 0 Å². The SMILES string of the molecule is Cl.O[C@@H]1CCC[C@@H]1Oc1cccc2onc(OCC3CCNCC3)c12. The molecule has 1 saturated carbocycles. The van der Waals surface area contributed by atoms with Crippen molar-refractivity contribution in [2.75, 3.05) is 19.7 Å². The molecule has 138 valence electrons. The largest absolute Gasteiger partial charge is 0.487 e. The minimum Gasteiger partial charge on any atom is -0.487 e. The number of halogens is 1. The van der Waals surface area contributed by atoms with E-state index in [0.29, 0.717) is 29.7 Å². The van der Waals surface area contributed by atoms with E-state index in [2.05, 4.69) is 10.5 Å². The monoisotopic (exact) mass is 368 g/mol. The topological polar surface area (TPSA) is 76.8 Å². The van der Waals surface area contributed by atoms with Gasteiger partial charge in [-0.15, -0.1) is 12.4 Å². The van der Waals surface area contributed by atoms with Crippen molar-refractivity contribution in [2.24, 2.45) is 5.92 Å². The van der Waals surface area contributed by atoms with Crippen LogP contribution in [0.1, 0.15) is 32.1 Å². The Morgan fingerprint density at radius 1 is 1.20 bits per heavy atom. The van der Waals surface area contributed by atoms with Gasteiger partial charge in [0.15, 0.2) is 5.58 Å². The standard InChI is InChI=1S/C18H24N2O4.ClH/c21-13-3-1-4-14(13)23-15-5-2-6-16-17(15)18(20-24-16)22-11-12-7-9-19-10-8-12;/h2,5-6,12-14,19,21H,1,3-4,7-11H2;1H/t13-,14+;/m1./s1. The Kier molecular flexibility index (Phi) is 6.04. The number of hydrogen-bond donors (Lipinski definition) is 2. The van der Waals surface area contributed by atoms with Gasteiger partial charge in [0, 0.05) is 0 Å². The zero-order valence-corrected chi connectivity index (χ0v) is 15.0. The van der Waals surface area contributed by atoms with Gasteiger partial charge in [0.1, 0.15) is 17.2 Å². The summed E-state index contributed by atoms with van der Waals surface area (Å²) < 4.78 is 17.4. The quantitative estimate of drug-likeness (QED) is 0.845. The van der Waals surface area contributed by atoms with Crippen LogP contribution in [0.5, 0.6) is 11.6 Å². The maximum absolute atomic E-state index is 10.0. The summed E-state index contributed by atoms with van der Waals surface area (Å²) in [6, 6.07) is 5.63. The number of rotatable bonds is 5. The minimum atomic E-state index is -0.403. The summed E-state index contributed by atoms with van der Waals surface area (Å²) in [4.78, 5) is 0. The van der Waals surface area contributed by atoms with Gasteiger partial charge < -0.3 is 24.4 Å². The molecule has 25 heavy (non-hydrogen) atoms. The molecule has 1 aromatic carbocycles. The van der Waals surface area contributed by atoms with Gasteiger partial charge in [-0.25, -0.2) is 0 Å². The first-order valence-corrected chi connectivity index (χ1v) is 8.88. The van der Waals surface area contributed by atoms with Crippen LogP contribution in [0.15, 0.2) is 22.7 Å². The molecule has 4 rings (SSSR count). The number of benzene rings is 1. The molecule has 2 aromatic rings. The van der Waals surface area contributed by atoms with Crippen LogP contribution in [0, 0.1) is 5.92 Å². The van der Waals surface area contributed by atoms with Gasteiger partial charge in [0.25, 0.3) is 5.88 Å². The molecule has 0 bridgehead atoms. The molecule has 1 aromatic heterocycles. The molecular weight excluding hydrogens is 344 g/mol. The maximum atomic E-state index is 10.0. The summed E-state index contributed by atoms with van der Waals surface area (Å²) in [5.41, 5.74) is 0.653. The number of hydrogen-bond acceptors (Lipinski definition) is 6. The number of aliphatic hydroxyl groups is 1. The number of nitrogens with one attached hydrogen (secondary N) is 1. The van der Waals surface area contributed by atoms with E-state index < -0.39 is 6.10 Å². The predicted molar refractivity (Wildman–Crippen MR) is 96.6 cm³/mol. The van der Waals surface area contributed by atoms with Crippen LogP contribution in [0.25, 0.3) is 11.0 Å². The lowest BCUT2D eigenvalue weighted by molar-refractivity contribution is 0.0612. The molecule has 2 fully saturated rings. The fraction of sp³-hybridized carbons (Fsp3) is 0.611. The number of aliphatic hydroxyl groups excluding tert-OH is 1. The zero-order chi connectivity index (χ0) is 16.4. The summed E-state index contributed by atoms with van der Waals surface area (Å²) in [7, 11) is 0. The number of nitrogens with zero attached hydrogens (tertiary/aromatic N) is 1. The average molecular weight is 369 g/mol. The smallest absolute Gasteiger partial charge is 0.265 e. The van der Waals surface area contributed by atoms with Crippen molar-refractivity contribution in [2.45, 2.75) is 44.3 Å². The first kappa shape index (κ1) is 18.3. The lowest BCUT2D eigenvalue weighted by Gasteiger charge is -2.22. The Balaban J connectivity index is 0.00000182. The van der Waals surface area contributed by atoms with E-state index in [9.17, 15) is 5.11 Å². The van der Waals surface area contributed by atoms with Crippen molar-refractivity contribution < 1.29 is 19.1 Å². The van der Waals surface area contributed by atoms with Crippen LogP contribution in [0.4, 0.5) is 0 Å². The second-order valence-electron chi connectivity index (χ2n) is 6.78. The van der Waals surface area contributed by atoms with Crippen molar-refractivity contribution in [1.82, 2.24) is 10.5 Å². The molecule has 1 aliphatic heterocycles. The fourth-order valence-electron chi connectivity index (χ4n) is 3.58. The lowest BCUT2D eigenvalue weighted by atomic mass is 9.99. The van der Waals surface area contributed by atoms with Crippen LogP contribution >= 0.6 is 12.4 Å². The van der Waals surface area contributed by atoms with E-state index in [1.54, 1.807) is 0 Å². The van der Waals surface area contributed by atoms with Crippen molar-refractivity contribution in [3.05, 3.63) is 18.2 Å². The van der Waals surface area contributed by atoms with Crippen LogP contribution < -0.4 is 14.8 Å². The van der Waals surface area contributed by atoms with E-state index in [-0.39, 0.29) is 18.5 Å². The highest BCUT2D eigenvalue weighted by Crippen LogP contribution is 2.36. The number of piperidine rings is 1. The molecule has 7 heteroatoms. The van der Waals surface area contributed by atoms with Gasteiger partial charge in [-0.3, -0.25) is 0 Å². The minimum absolute atomic E-state index is 0. The van der Waals surface area contributed by atoms with Crippen molar-refractivity contribution >= 4 is 23.4 Å². The molecule has 0 spiro atoms. The van der Waals surface area contributed by atoms with Crippen molar-refractivity contribution in [3.8, 4) is 11.6 Å². The van der Waals surface area contributed by atoms with E-state index >= 15 is 0 Å². The second-order valence-corrected chi connectivity index (χ2v) is 6.78. The Morgan fingerprint density at radius 3 is 2.80 bits per heavy atom. The van der Waals surface area contributed by atoms with Crippen molar-refractivity contribution in [3.63, 3.8) is 0 Å². The summed E-state index contributed by atoms with van der Waals surface area (Å²) in [5.74, 6) is 1.72. The highest BCUT2D eigenvalue weighted by Gasteiger charge is 2.28. The molecule has 0 unspecified atom stereocenters. The molecular formula is C18H25ClN2O4. The lowest BCUT2D eigenvalue weighted by Crippen LogP contribution is -2.30. The Labute approximate surface area is 153 Å². The Morgan fingerprint density at radius 2 is 2.04 bits per heavy atom. The molecule has 1 aliphatic carbocycles. The van der Waals surface area contributed by atoms with E-state index in [1.807, 2.05) is 18.2 Å². The van der Waals surface area contributed by atoms with E-state index in [0.717, 1.165) is 50.6 Å². The molecule has 2 atom stereocenters. The molecule has 2 heterocycles. The van der Waals surface area contributed by atoms with Crippen LogP contribution in [0.2, 0.25) is 0 Å². The Bertz CT molecular complexity index is 687. The van der Waals surface area contributed by atoms with Gasteiger partial charge in [0.05, 0.1) is 12.7 Å².